The van der Waals surface area contributed by atoms with Crippen LogP contribution in [0.2, 0.25) is 0 Å². The molecule has 0 spiro atoms. The van der Waals surface area contributed by atoms with Crippen molar-refractivity contribution in [2.75, 3.05) is 31.5 Å². The Kier molecular flexibility index (Phi) is 7.54. The summed E-state index contributed by atoms with van der Waals surface area (Å²) in [6, 6.07) is 15.7. The average Bonchev–Trinajstić information content (AvgIpc) is 2.74. The summed E-state index contributed by atoms with van der Waals surface area (Å²) in [5.41, 5.74) is 6.89. The first-order chi connectivity index (χ1) is 14.3. The number of hydrogen-bond acceptors (Lipinski definition) is 2. The van der Waals surface area contributed by atoms with Crippen LogP contribution in [0.4, 0.5) is 5.69 Å². The van der Waals surface area contributed by atoms with Crippen LogP contribution in [-0.2, 0) is 24.8 Å². The number of rotatable bonds is 5. The van der Waals surface area contributed by atoms with Gasteiger partial charge in [-0.15, -0.1) is 0 Å². The van der Waals surface area contributed by atoms with Crippen molar-refractivity contribution >= 4 is 23.0 Å². The summed E-state index contributed by atoms with van der Waals surface area (Å²) in [6.07, 6.45) is 2.03. The molecule has 3 rings (SSSR count). The number of aryl methyl sites for hydroxylation is 2. The fourth-order valence-electron chi connectivity index (χ4n) is 4.07. The first kappa shape index (κ1) is 22.8. The SMILES string of the molecule is CCc1cccc(CC)c1NC(=S)N1CCN(Cc2ccc(C(C)(C)C)cc2)CC1. The Morgan fingerprint density at radius 2 is 1.47 bits per heavy atom. The predicted molar refractivity (Wildman–Crippen MR) is 133 cm³/mol. The van der Waals surface area contributed by atoms with Gasteiger partial charge in [0.2, 0.25) is 0 Å². The molecule has 0 aliphatic carbocycles. The van der Waals surface area contributed by atoms with E-state index in [0.717, 1.165) is 50.7 Å². The van der Waals surface area contributed by atoms with Gasteiger partial charge < -0.3 is 10.2 Å². The molecule has 0 atom stereocenters. The van der Waals surface area contributed by atoms with E-state index in [1.165, 1.54) is 27.9 Å². The van der Waals surface area contributed by atoms with Gasteiger partial charge in [-0.05, 0) is 52.7 Å². The number of thiocarbonyl (C=S) groups is 1. The molecule has 1 fully saturated rings. The highest BCUT2D eigenvalue weighted by Crippen LogP contribution is 2.24. The number of piperazine rings is 1. The molecule has 0 unspecified atom stereocenters. The molecule has 30 heavy (non-hydrogen) atoms. The Morgan fingerprint density at radius 1 is 0.900 bits per heavy atom. The second-order valence-electron chi connectivity index (χ2n) is 9.30. The van der Waals surface area contributed by atoms with E-state index < -0.39 is 0 Å². The van der Waals surface area contributed by atoms with Crippen LogP contribution in [-0.4, -0.2) is 41.1 Å². The van der Waals surface area contributed by atoms with Crippen molar-refractivity contribution in [1.29, 1.82) is 0 Å². The molecule has 2 aromatic carbocycles. The number of hydrogen-bond donors (Lipinski definition) is 1. The van der Waals surface area contributed by atoms with Crippen molar-refractivity contribution in [2.24, 2.45) is 0 Å². The molecule has 0 radical (unpaired) electrons. The van der Waals surface area contributed by atoms with Crippen molar-refractivity contribution in [3.63, 3.8) is 0 Å². The fraction of sp³-hybridized carbons (Fsp3) is 0.500. The van der Waals surface area contributed by atoms with E-state index >= 15 is 0 Å². The van der Waals surface area contributed by atoms with Gasteiger partial charge in [0.25, 0.3) is 0 Å². The molecule has 0 aromatic heterocycles. The van der Waals surface area contributed by atoms with E-state index in [-0.39, 0.29) is 5.41 Å². The zero-order valence-electron chi connectivity index (χ0n) is 19.3. The van der Waals surface area contributed by atoms with Gasteiger partial charge in [-0.2, -0.15) is 0 Å². The maximum absolute atomic E-state index is 5.78. The van der Waals surface area contributed by atoms with Crippen molar-refractivity contribution < 1.29 is 0 Å². The molecule has 1 saturated heterocycles. The largest absolute Gasteiger partial charge is 0.346 e. The first-order valence-electron chi connectivity index (χ1n) is 11.3. The second kappa shape index (κ2) is 9.93. The monoisotopic (exact) mass is 423 g/mol. The minimum atomic E-state index is 0.209. The molecular formula is C26H37N3S. The van der Waals surface area contributed by atoms with E-state index in [0.29, 0.717) is 0 Å². The molecule has 1 aliphatic rings. The van der Waals surface area contributed by atoms with Crippen LogP contribution in [0.25, 0.3) is 0 Å². The Hall–Kier alpha value is -1.91. The van der Waals surface area contributed by atoms with Gasteiger partial charge in [-0.25, -0.2) is 0 Å². The molecule has 2 aromatic rings. The lowest BCUT2D eigenvalue weighted by atomic mass is 9.87. The van der Waals surface area contributed by atoms with Crippen LogP contribution in [0, 0.1) is 0 Å². The first-order valence-corrected chi connectivity index (χ1v) is 11.7. The van der Waals surface area contributed by atoms with Crippen molar-refractivity contribution in [3.8, 4) is 0 Å². The summed E-state index contributed by atoms with van der Waals surface area (Å²) in [5, 5.41) is 4.44. The van der Waals surface area contributed by atoms with Crippen LogP contribution in [0.5, 0.6) is 0 Å². The molecule has 1 heterocycles. The smallest absolute Gasteiger partial charge is 0.173 e. The zero-order chi connectivity index (χ0) is 21.7. The average molecular weight is 424 g/mol. The van der Waals surface area contributed by atoms with Gasteiger partial charge in [0, 0.05) is 38.4 Å². The summed E-state index contributed by atoms with van der Waals surface area (Å²) >= 11 is 5.78. The van der Waals surface area contributed by atoms with Crippen LogP contribution in [0.3, 0.4) is 0 Å². The van der Waals surface area contributed by atoms with Crippen molar-refractivity contribution in [3.05, 3.63) is 64.7 Å². The Morgan fingerprint density at radius 3 is 1.97 bits per heavy atom. The Labute approximate surface area is 188 Å². The van der Waals surface area contributed by atoms with Gasteiger partial charge in [-0.1, -0.05) is 77.1 Å². The lowest BCUT2D eigenvalue weighted by Crippen LogP contribution is -2.49. The molecule has 0 saturated carbocycles. The third kappa shape index (κ3) is 5.61. The molecule has 1 N–H and O–H groups in total. The van der Waals surface area contributed by atoms with Crippen LogP contribution in [0.1, 0.15) is 56.9 Å². The van der Waals surface area contributed by atoms with Crippen molar-refractivity contribution in [2.45, 2.75) is 59.4 Å². The van der Waals surface area contributed by atoms with Gasteiger partial charge in [0.1, 0.15) is 0 Å². The van der Waals surface area contributed by atoms with Crippen molar-refractivity contribution in [1.82, 2.24) is 9.80 Å². The lowest BCUT2D eigenvalue weighted by molar-refractivity contribution is 0.177. The lowest BCUT2D eigenvalue weighted by Gasteiger charge is -2.36. The van der Waals surface area contributed by atoms with Crippen LogP contribution in [0.15, 0.2) is 42.5 Å². The molecule has 162 valence electrons. The standard InChI is InChI=1S/C26H37N3S/c1-6-21-9-8-10-22(7-2)24(21)27-25(30)29-17-15-28(16-18-29)19-20-11-13-23(14-12-20)26(3,4)5/h8-14H,6-7,15-19H2,1-5H3,(H,27,30). The molecule has 0 amide bonds. The van der Waals surface area contributed by atoms with Gasteiger partial charge in [-0.3, -0.25) is 4.90 Å². The van der Waals surface area contributed by atoms with Gasteiger partial charge in [0.05, 0.1) is 0 Å². The number of anilines is 1. The molecule has 4 heteroatoms. The normalized spacial score (nSPS) is 15.3. The number of nitrogens with zero attached hydrogens (tertiary/aromatic N) is 2. The summed E-state index contributed by atoms with van der Waals surface area (Å²) in [5.74, 6) is 0. The highest BCUT2D eigenvalue weighted by atomic mass is 32.1. The minimum Gasteiger partial charge on any atom is -0.346 e. The van der Waals surface area contributed by atoms with E-state index in [9.17, 15) is 0 Å². The van der Waals surface area contributed by atoms with Crippen LogP contribution < -0.4 is 5.32 Å². The maximum Gasteiger partial charge on any atom is 0.173 e. The summed E-state index contributed by atoms with van der Waals surface area (Å²) < 4.78 is 0. The molecular weight excluding hydrogens is 386 g/mol. The highest BCUT2D eigenvalue weighted by Gasteiger charge is 2.20. The third-order valence-corrected chi connectivity index (χ3v) is 6.48. The molecule has 0 bridgehead atoms. The zero-order valence-corrected chi connectivity index (χ0v) is 20.1. The Bertz CT molecular complexity index is 821. The summed E-state index contributed by atoms with van der Waals surface area (Å²) in [4.78, 5) is 4.85. The topological polar surface area (TPSA) is 18.5 Å². The third-order valence-electron chi connectivity index (χ3n) is 6.12. The predicted octanol–water partition coefficient (Wildman–Crippen LogP) is 5.62. The number of benzene rings is 2. The molecule has 3 nitrogen and oxygen atoms in total. The maximum atomic E-state index is 5.78. The van der Waals surface area contributed by atoms with E-state index in [1.54, 1.807) is 0 Å². The summed E-state index contributed by atoms with van der Waals surface area (Å²) in [6.45, 7) is 16.2. The minimum absolute atomic E-state index is 0.209. The van der Waals surface area contributed by atoms with E-state index in [2.05, 4.69) is 92.2 Å². The number of nitrogens with one attached hydrogen (secondary N) is 1. The van der Waals surface area contributed by atoms with E-state index in [4.69, 9.17) is 12.2 Å². The highest BCUT2D eigenvalue weighted by molar-refractivity contribution is 7.80. The Balaban J connectivity index is 1.55. The van der Waals surface area contributed by atoms with E-state index in [1.807, 2.05) is 0 Å². The summed E-state index contributed by atoms with van der Waals surface area (Å²) in [7, 11) is 0. The van der Waals surface area contributed by atoms with Gasteiger partial charge >= 0.3 is 0 Å². The number of para-hydroxylation sites is 1. The quantitative estimate of drug-likeness (QED) is 0.629. The molecule has 1 aliphatic heterocycles. The second-order valence-corrected chi connectivity index (χ2v) is 9.69. The fourth-order valence-corrected chi connectivity index (χ4v) is 4.35. The van der Waals surface area contributed by atoms with Gasteiger partial charge in [0.15, 0.2) is 5.11 Å². The van der Waals surface area contributed by atoms with Crippen LogP contribution >= 0.6 is 12.2 Å².